The number of nitrogens with zero attached hydrogens (tertiary/aromatic N) is 3. The van der Waals surface area contributed by atoms with Crippen LogP contribution in [0.4, 0.5) is 13.2 Å². The summed E-state index contributed by atoms with van der Waals surface area (Å²) in [6.45, 7) is 10.1. The molecule has 1 unspecified atom stereocenters. The summed E-state index contributed by atoms with van der Waals surface area (Å²) in [6.07, 6.45) is -1.82. The Morgan fingerprint density at radius 2 is 2.04 bits per heavy atom. The highest BCUT2D eigenvalue weighted by Crippen LogP contribution is 2.29. The Morgan fingerprint density at radius 1 is 1.35 bits per heavy atom. The van der Waals surface area contributed by atoms with Gasteiger partial charge in [0, 0.05) is 31.4 Å². The highest BCUT2D eigenvalue weighted by Gasteiger charge is 2.33. The molecule has 1 aromatic rings. The molecule has 9 heteroatoms. The van der Waals surface area contributed by atoms with Gasteiger partial charge in [0.05, 0.1) is 5.01 Å². The van der Waals surface area contributed by atoms with Crippen molar-refractivity contribution in [1.82, 2.24) is 20.5 Å². The van der Waals surface area contributed by atoms with E-state index >= 15 is 0 Å². The molecule has 1 aromatic heterocycles. The first-order chi connectivity index (χ1) is 12.3. The second-order valence-electron chi connectivity index (χ2n) is 6.09. The topological polar surface area (TPSA) is 52.5 Å². The van der Waals surface area contributed by atoms with Gasteiger partial charge in [-0.15, -0.1) is 11.3 Å². The van der Waals surface area contributed by atoms with Gasteiger partial charge in [0.2, 0.25) is 0 Å². The lowest BCUT2D eigenvalue weighted by Crippen LogP contribution is -2.43. The van der Waals surface area contributed by atoms with Gasteiger partial charge in [-0.2, -0.15) is 13.2 Å². The Morgan fingerprint density at radius 3 is 2.58 bits per heavy atom. The van der Waals surface area contributed by atoms with E-state index in [0.29, 0.717) is 23.9 Å². The predicted molar refractivity (Wildman–Crippen MR) is 102 cm³/mol. The Bertz CT molecular complexity index is 541. The van der Waals surface area contributed by atoms with Crippen molar-refractivity contribution >= 4 is 17.3 Å². The third-order valence-electron chi connectivity index (χ3n) is 4.09. The zero-order valence-corrected chi connectivity index (χ0v) is 16.8. The van der Waals surface area contributed by atoms with Gasteiger partial charge in [-0.3, -0.25) is 4.99 Å². The summed E-state index contributed by atoms with van der Waals surface area (Å²) in [5.41, 5.74) is -0.818. The first kappa shape index (κ1) is 22.7. The molecule has 0 bridgehead atoms. The van der Waals surface area contributed by atoms with Crippen molar-refractivity contribution in [3.05, 3.63) is 16.1 Å². The summed E-state index contributed by atoms with van der Waals surface area (Å²) in [5.74, 6) is 0.660. The van der Waals surface area contributed by atoms with Crippen molar-refractivity contribution in [1.29, 1.82) is 0 Å². The van der Waals surface area contributed by atoms with Gasteiger partial charge in [0.1, 0.15) is 0 Å². The fraction of sp³-hybridized carbons (Fsp3) is 0.765. The van der Waals surface area contributed by atoms with Crippen LogP contribution in [0.3, 0.4) is 0 Å². The van der Waals surface area contributed by atoms with E-state index < -0.39 is 11.9 Å². The monoisotopic (exact) mass is 393 g/mol. The van der Waals surface area contributed by atoms with Gasteiger partial charge < -0.3 is 15.5 Å². The molecule has 0 aliphatic rings. The van der Waals surface area contributed by atoms with Crippen LogP contribution in [0.2, 0.25) is 0 Å². The number of thiazole rings is 1. The van der Waals surface area contributed by atoms with Crippen LogP contribution in [0, 0.1) is 0 Å². The third kappa shape index (κ3) is 8.35. The molecule has 1 heterocycles. The summed E-state index contributed by atoms with van der Waals surface area (Å²) in [4.78, 5) is 10.2. The summed E-state index contributed by atoms with van der Waals surface area (Å²) in [5, 5.41) is 7.97. The van der Waals surface area contributed by atoms with E-state index in [1.54, 1.807) is 7.05 Å². The molecule has 0 amide bonds. The van der Waals surface area contributed by atoms with Gasteiger partial charge in [-0.1, -0.05) is 13.8 Å². The minimum Gasteiger partial charge on any atom is -0.356 e. The van der Waals surface area contributed by atoms with E-state index in [2.05, 4.69) is 46.3 Å². The highest BCUT2D eigenvalue weighted by molar-refractivity contribution is 7.09. The minimum absolute atomic E-state index is 0.272. The molecule has 150 valence electrons. The first-order valence-corrected chi connectivity index (χ1v) is 9.89. The van der Waals surface area contributed by atoms with E-state index in [0.717, 1.165) is 49.2 Å². The molecular weight excluding hydrogens is 363 g/mol. The summed E-state index contributed by atoms with van der Waals surface area (Å²) < 4.78 is 37.6. The molecule has 0 radical (unpaired) electrons. The van der Waals surface area contributed by atoms with Crippen LogP contribution in [-0.4, -0.2) is 55.1 Å². The molecule has 0 fully saturated rings. The van der Waals surface area contributed by atoms with Crippen molar-refractivity contribution in [3.8, 4) is 0 Å². The number of aromatic nitrogens is 1. The van der Waals surface area contributed by atoms with E-state index in [1.165, 1.54) is 0 Å². The van der Waals surface area contributed by atoms with Gasteiger partial charge >= 0.3 is 6.18 Å². The maximum atomic E-state index is 12.5. The van der Waals surface area contributed by atoms with Gasteiger partial charge in [-0.05, 0) is 39.4 Å². The normalized spacial score (nSPS) is 13.9. The van der Waals surface area contributed by atoms with Crippen molar-refractivity contribution < 1.29 is 13.2 Å². The smallest absolute Gasteiger partial charge is 0.356 e. The summed E-state index contributed by atoms with van der Waals surface area (Å²) in [7, 11) is 1.68. The van der Waals surface area contributed by atoms with Crippen LogP contribution in [0.25, 0.3) is 0 Å². The fourth-order valence-corrected chi connectivity index (χ4v) is 3.31. The standard InChI is InChI=1S/C17H30F3N5S/c1-5-25(6-2)11-7-8-13(3)23-16(21-4)22-10-9-15-24-14(12-26-15)17(18,19)20/h12-13H,5-11H2,1-4H3,(H2,21,22,23). The molecule has 26 heavy (non-hydrogen) atoms. The summed E-state index contributed by atoms with van der Waals surface area (Å²) >= 11 is 1.03. The molecule has 0 aliphatic carbocycles. The van der Waals surface area contributed by atoms with Crippen LogP contribution < -0.4 is 10.6 Å². The van der Waals surface area contributed by atoms with Crippen LogP contribution in [0.15, 0.2) is 10.4 Å². The summed E-state index contributed by atoms with van der Waals surface area (Å²) in [6, 6.07) is 0.272. The highest BCUT2D eigenvalue weighted by atomic mass is 32.1. The third-order valence-corrected chi connectivity index (χ3v) is 4.99. The predicted octanol–water partition coefficient (Wildman–Crippen LogP) is 3.38. The van der Waals surface area contributed by atoms with Crippen molar-refractivity contribution in [2.45, 2.75) is 52.3 Å². The van der Waals surface area contributed by atoms with Gasteiger partial charge in [0.15, 0.2) is 11.7 Å². The maximum Gasteiger partial charge on any atom is 0.434 e. The number of nitrogens with one attached hydrogen (secondary N) is 2. The molecule has 1 atom stereocenters. The van der Waals surface area contributed by atoms with Gasteiger partial charge in [-0.25, -0.2) is 4.98 Å². The number of guanidine groups is 1. The molecule has 0 aliphatic heterocycles. The number of halogens is 3. The molecule has 0 saturated heterocycles. The number of aliphatic imine (C=N–C) groups is 1. The molecular formula is C17H30F3N5S. The van der Waals surface area contributed by atoms with E-state index in [1.807, 2.05) is 0 Å². The number of rotatable bonds is 10. The second kappa shape index (κ2) is 11.4. The molecule has 5 nitrogen and oxygen atoms in total. The Hall–Kier alpha value is -1.35. The average molecular weight is 394 g/mol. The van der Waals surface area contributed by atoms with Crippen LogP contribution in [-0.2, 0) is 12.6 Å². The van der Waals surface area contributed by atoms with Crippen molar-refractivity contribution in [2.24, 2.45) is 4.99 Å². The van der Waals surface area contributed by atoms with E-state index in [-0.39, 0.29) is 6.04 Å². The minimum atomic E-state index is -4.37. The SMILES string of the molecule is CCN(CC)CCCC(C)NC(=NC)NCCc1nc(C(F)(F)F)cs1. The zero-order chi connectivity index (χ0) is 19.6. The van der Waals surface area contributed by atoms with Crippen LogP contribution >= 0.6 is 11.3 Å². The largest absolute Gasteiger partial charge is 0.434 e. The Kier molecular flexibility index (Phi) is 9.93. The lowest BCUT2D eigenvalue weighted by atomic mass is 10.2. The van der Waals surface area contributed by atoms with Crippen LogP contribution in [0.1, 0.15) is 44.3 Å². The second-order valence-corrected chi connectivity index (χ2v) is 7.03. The molecule has 1 rings (SSSR count). The number of hydrogen-bond acceptors (Lipinski definition) is 4. The lowest BCUT2D eigenvalue weighted by Gasteiger charge is -2.21. The molecule has 2 N–H and O–H groups in total. The first-order valence-electron chi connectivity index (χ1n) is 9.01. The lowest BCUT2D eigenvalue weighted by molar-refractivity contribution is -0.140. The molecule has 0 aromatic carbocycles. The van der Waals surface area contributed by atoms with Crippen LogP contribution in [0.5, 0.6) is 0 Å². The molecule has 0 saturated carbocycles. The van der Waals surface area contributed by atoms with Gasteiger partial charge in [0.25, 0.3) is 0 Å². The zero-order valence-electron chi connectivity index (χ0n) is 16.0. The number of alkyl halides is 3. The fourth-order valence-electron chi connectivity index (χ4n) is 2.50. The van der Waals surface area contributed by atoms with E-state index in [9.17, 15) is 13.2 Å². The number of hydrogen-bond donors (Lipinski definition) is 2. The average Bonchev–Trinajstić information content (AvgIpc) is 3.07. The molecule has 0 spiro atoms. The Balaban J connectivity index is 2.31. The Labute approximate surface area is 158 Å². The van der Waals surface area contributed by atoms with E-state index in [4.69, 9.17) is 0 Å². The quantitative estimate of drug-likeness (QED) is 0.473. The van der Waals surface area contributed by atoms with Crippen molar-refractivity contribution in [3.63, 3.8) is 0 Å². The van der Waals surface area contributed by atoms with Crippen molar-refractivity contribution in [2.75, 3.05) is 33.2 Å². The maximum absolute atomic E-state index is 12.5.